The summed E-state index contributed by atoms with van der Waals surface area (Å²) in [6.45, 7) is 16.1. The van der Waals surface area contributed by atoms with Gasteiger partial charge in [-0.1, -0.05) is 23.7 Å². The van der Waals surface area contributed by atoms with Crippen LogP contribution in [0.3, 0.4) is 0 Å². The van der Waals surface area contributed by atoms with Crippen LogP contribution in [0.5, 0.6) is 11.5 Å². The van der Waals surface area contributed by atoms with E-state index in [1.54, 1.807) is 24.3 Å². The Labute approximate surface area is 199 Å². The lowest BCUT2D eigenvalue weighted by Gasteiger charge is -2.11. The number of aromatic nitrogens is 2. The standard InChI is InChI=1S/C25H29ClN4O3/c1-5-12-28-13-6-7-14-31-19-9-10-20(21(26)16-19)24-29-25(33-30-24)18-8-11-23(32-17(2)3)22(15-18)27-4/h8-11,15-17,28H,5-7,12-14H2,1-3H3. The molecule has 7 nitrogen and oxygen atoms in total. The fraction of sp³-hybridized carbons (Fsp3) is 0.400. The maximum Gasteiger partial charge on any atom is 0.256 e. The molecule has 0 fully saturated rings. The van der Waals surface area contributed by atoms with Crippen molar-refractivity contribution >= 4 is 17.3 Å². The molecule has 3 rings (SSSR count). The molecule has 1 aromatic heterocycles. The van der Waals surface area contributed by atoms with Crippen molar-refractivity contribution in [3.63, 3.8) is 0 Å². The van der Waals surface area contributed by atoms with Crippen molar-refractivity contribution in [3.05, 3.63) is 52.8 Å². The van der Waals surface area contributed by atoms with Crippen molar-refractivity contribution in [2.45, 2.75) is 46.1 Å². The van der Waals surface area contributed by atoms with Gasteiger partial charge in [-0.05, 0) is 82.6 Å². The molecule has 1 heterocycles. The summed E-state index contributed by atoms with van der Waals surface area (Å²) in [6.07, 6.45) is 3.16. The molecule has 8 heteroatoms. The number of hydrogen-bond acceptors (Lipinski definition) is 6. The maximum atomic E-state index is 7.42. The van der Waals surface area contributed by atoms with Gasteiger partial charge in [0.15, 0.2) is 0 Å². The lowest BCUT2D eigenvalue weighted by molar-refractivity contribution is 0.244. The van der Waals surface area contributed by atoms with Gasteiger partial charge in [-0.25, -0.2) is 4.85 Å². The number of nitrogens with one attached hydrogen (secondary N) is 1. The quantitative estimate of drug-likeness (QED) is 0.240. The first-order chi connectivity index (χ1) is 16.0. The largest absolute Gasteiger partial charge is 0.502 e. The summed E-state index contributed by atoms with van der Waals surface area (Å²) in [6, 6.07) is 10.6. The molecule has 0 aliphatic rings. The Morgan fingerprint density at radius 1 is 1.15 bits per heavy atom. The monoisotopic (exact) mass is 468 g/mol. The molecule has 0 spiro atoms. The van der Waals surface area contributed by atoms with Crippen molar-refractivity contribution in [1.82, 2.24) is 15.5 Å². The Morgan fingerprint density at radius 3 is 2.73 bits per heavy atom. The Balaban J connectivity index is 1.65. The van der Waals surface area contributed by atoms with Crippen molar-refractivity contribution in [2.75, 3.05) is 19.7 Å². The molecule has 3 aromatic rings. The zero-order valence-corrected chi connectivity index (χ0v) is 20.0. The van der Waals surface area contributed by atoms with Gasteiger partial charge in [-0.2, -0.15) is 4.98 Å². The van der Waals surface area contributed by atoms with Crippen LogP contribution in [0.25, 0.3) is 27.7 Å². The predicted octanol–water partition coefficient (Wildman–Crippen LogP) is 6.55. The molecule has 0 bridgehead atoms. The molecular weight excluding hydrogens is 440 g/mol. The number of unbranched alkanes of at least 4 members (excludes halogenated alkanes) is 1. The molecule has 2 aromatic carbocycles. The van der Waals surface area contributed by atoms with Gasteiger partial charge in [0, 0.05) is 11.1 Å². The molecule has 0 aliphatic carbocycles. The normalized spacial score (nSPS) is 10.9. The number of ether oxygens (including phenoxy) is 2. The summed E-state index contributed by atoms with van der Waals surface area (Å²) >= 11 is 6.47. The van der Waals surface area contributed by atoms with E-state index in [-0.39, 0.29) is 6.10 Å². The van der Waals surface area contributed by atoms with Gasteiger partial charge in [0.25, 0.3) is 5.89 Å². The van der Waals surface area contributed by atoms with Crippen LogP contribution in [0.4, 0.5) is 5.69 Å². The van der Waals surface area contributed by atoms with E-state index in [2.05, 4.69) is 27.2 Å². The zero-order valence-electron chi connectivity index (χ0n) is 19.2. The van der Waals surface area contributed by atoms with Gasteiger partial charge < -0.3 is 19.3 Å². The molecule has 33 heavy (non-hydrogen) atoms. The second kappa shape index (κ2) is 12.2. The SMILES string of the molecule is [C-]#[N+]c1cc(-c2nc(-c3ccc(OCCCCNCCC)cc3Cl)no2)ccc1OC(C)C. The molecule has 174 valence electrons. The van der Waals surface area contributed by atoms with Crippen LogP contribution in [0.1, 0.15) is 40.0 Å². The van der Waals surface area contributed by atoms with Crippen LogP contribution in [0, 0.1) is 6.57 Å². The third-order valence-corrected chi connectivity index (χ3v) is 5.05. The van der Waals surface area contributed by atoms with Gasteiger partial charge in [-0.15, -0.1) is 0 Å². The summed E-state index contributed by atoms with van der Waals surface area (Å²) in [5.41, 5.74) is 1.68. The van der Waals surface area contributed by atoms with E-state index in [4.69, 9.17) is 32.2 Å². The van der Waals surface area contributed by atoms with E-state index in [0.717, 1.165) is 32.4 Å². The van der Waals surface area contributed by atoms with Gasteiger partial charge in [0.2, 0.25) is 11.5 Å². The minimum Gasteiger partial charge on any atom is -0.502 e. The Kier molecular flexibility index (Phi) is 9.11. The average molecular weight is 469 g/mol. The topological polar surface area (TPSA) is 73.8 Å². The number of hydrogen-bond donors (Lipinski definition) is 1. The maximum absolute atomic E-state index is 7.42. The zero-order chi connectivity index (χ0) is 23.6. The summed E-state index contributed by atoms with van der Waals surface area (Å²) in [7, 11) is 0. The molecular formula is C25H29ClN4O3. The molecule has 1 N–H and O–H groups in total. The molecule has 0 unspecified atom stereocenters. The van der Waals surface area contributed by atoms with Crippen LogP contribution in [0.15, 0.2) is 40.9 Å². The number of nitrogens with zero attached hydrogens (tertiary/aromatic N) is 3. The van der Waals surface area contributed by atoms with Crippen LogP contribution in [0.2, 0.25) is 5.02 Å². The first kappa shape index (κ1) is 24.6. The average Bonchev–Trinajstić information content (AvgIpc) is 3.28. The second-order valence-corrected chi connectivity index (χ2v) is 8.24. The Hall–Kier alpha value is -3.08. The van der Waals surface area contributed by atoms with Crippen LogP contribution in [-0.2, 0) is 0 Å². The number of halogens is 1. The van der Waals surface area contributed by atoms with Gasteiger partial charge >= 0.3 is 0 Å². The summed E-state index contributed by atoms with van der Waals surface area (Å²) in [5, 5.41) is 7.92. The van der Waals surface area contributed by atoms with Crippen LogP contribution in [-0.4, -0.2) is 35.9 Å². The van der Waals surface area contributed by atoms with Crippen molar-refractivity contribution in [3.8, 4) is 34.3 Å². The highest BCUT2D eigenvalue weighted by Gasteiger charge is 2.16. The first-order valence-corrected chi connectivity index (χ1v) is 11.5. The summed E-state index contributed by atoms with van der Waals surface area (Å²) in [5.74, 6) is 1.91. The van der Waals surface area contributed by atoms with Crippen molar-refractivity contribution in [1.29, 1.82) is 0 Å². The fourth-order valence-corrected chi connectivity index (χ4v) is 3.41. The molecule has 0 aliphatic heterocycles. The van der Waals surface area contributed by atoms with E-state index in [1.807, 2.05) is 26.0 Å². The van der Waals surface area contributed by atoms with E-state index in [9.17, 15) is 0 Å². The molecule has 0 amide bonds. The smallest absolute Gasteiger partial charge is 0.256 e. The van der Waals surface area contributed by atoms with E-state index >= 15 is 0 Å². The summed E-state index contributed by atoms with van der Waals surface area (Å²) in [4.78, 5) is 8.01. The van der Waals surface area contributed by atoms with Gasteiger partial charge in [0.1, 0.15) is 11.5 Å². The highest BCUT2D eigenvalue weighted by atomic mass is 35.5. The molecule has 0 saturated carbocycles. The van der Waals surface area contributed by atoms with E-state index in [0.29, 0.717) is 51.7 Å². The third-order valence-electron chi connectivity index (χ3n) is 4.74. The van der Waals surface area contributed by atoms with E-state index in [1.165, 1.54) is 0 Å². The van der Waals surface area contributed by atoms with Gasteiger partial charge in [0.05, 0.1) is 24.3 Å². The minimum atomic E-state index is -0.0248. The van der Waals surface area contributed by atoms with E-state index < -0.39 is 0 Å². The van der Waals surface area contributed by atoms with Gasteiger partial charge in [-0.3, -0.25) is 0 Å². The molecule has 0 atom stereocenters. The Bertz CT molecular complexity index is 1090. The van der Waals surface area contributed by atoms with Crippen LogP contribution >= 0.6 is 11.6 Å². The third kappa shape index (κ3) is 6.95. The molecule has 0 saturated heterocycles. The fourth-order valence-electron chi connectivity index (χ4n) is 3.15. The minimum absolute atomic E-state index is 0.0248. The van der Waals surface area contributed by atoms with Crippen molar-refractivity contribution < 1.29 is 14.0 Å². The van der Waals surface area contributed by atoms with Crippen LogP contribution < -0.4 is 14.8 Å². The second-order valence-electron chi connectivity index (χ2n) is 7.83. The van der Waals surface area contributed by atoms with Crippen molar-refractivity contribution in [2.24, 2.45) is 0 Å². The first-order valence-electron chi connectivity index (χ1n) is 11.2. The summed E-state index contributed by atoms with van der Waals surface area (Å²) < 4.78 is 16.9. The lowest BCUT2D eigenvalue weighted by Crippen LogP contribution is -2.16. The molecule has 0 radical (unpaired) electrons. The number of rotatable bonds is 12. The Morgan fingerprint density at radius 2 is 2.00 bits per heavy atom. The number of benzene rings is 2. The highest BCUT2D eigenvalue weighted by molar-refractivity contribution is 6.33. The predicted molar refractivity (Wildman–Crippen MR) is 130 cm³/mol. The highest BCUT2D eigenvalue weighted by Crippen LogP contribution is 2.35. The lowest BCUT2D eigenvalue weighted by atomic mass is 10.1.